The summed E-state index contributed by atoms with van der Waals surface area (Å²) in [6.07, 6.45) is 1.14. The van der Waals surface area contributed by atoms with E-state index in [-0.39, 0.29) is 6.10 Å². The van der Waals surface area contributed by atoms with Crippen LogP contribution in [0.2, 0.25) is 0 Å². The molecule has 0 aromatic heterocycles. The largest absolute Gasteiger partial charge is 0.376 e. The molecule has 1 fully saturated rings. The van der Waals surface area contributed by atoms with Crippen LogP contribution in [0.25, 0.3) is 0 Å². The number of rotatable bonds is 4. The minimum Gasteiger partial charge on any atom is -0.376 e. The third-order valence-electron chi connectivity index (χ3n) is 3.93. The van der Waals surface area contributed by atoms with E-state index in [1.54, 1.807) is 0 Å². The molecule has 0 aliphatic carbocycles. The van der Waals surface area contributed by atoms with Gasteiger partial charge in [0.1, 0.15) is 0 Å². The van der Waals surface area contributed by atoms with Crippen LogP contribution in [-0.2, 0) is 15.9 Å². The molecule has 2 rings (SSSR count). The van der Waals surface area contributed by atoms with Crippen molar-refractivity contribution in [3.05, 3.63) is 34.4 Å². The van der Waals surface area contributed by atoms with E-state index in [1.807, 2.05) is 7.05 Å². The number of hydrogen-bond acceptors (Lipinski definition) is 3. The van der Waals surface area contributed by atoms with Crippen molar-refractivity contribution in [3.8, 4) is 0 Å². The molecule has 1 aromatic carbocycles. The van der Waals surface area contributed by atoms with E-state index >= 15 is 0 Å². The fraction of sp³-hybridized carbons (Fsp3) is 0.625. The summed E-state index contributed by atoms with van der Waals surface area (Å²) in [7, 11) is 2.00. The van der Waals surface area contributed by atoms with Crippen LogP contribution in [0, 0.1) is 20.8 Å². The molecule has 0 amide bonds. The maximum absolute atomic E-state index is 5.82. The van der Waals surface area contributed by atoms with Gasteiger partial charge in [0.05, 0.1) is 25.9 Å². The fourth-order valence-electron chi connectivity index (χ4n) is 2.91. The van der Waals surface area contributed by atoms with Crippen LogP contribution in [0.4, 0.5) is 0 Å². The van der Waals surface area contributed by atoms with Crippen LogP contribution < -0.4 is 5.32 Å². The van der Waals surface area contributed by atoms with Crippen molar-refractivity contribution in [2.45, 2.75) is 39.3 Å². The van der Waals surface area contributed by atoms with Gasteiger partial charge in [0.15, 0.2) is 0 Å². The first kappa shape index (κ1) is 14.5. The normalized spacial score (nSPS) is 21.4. The maximum Gasteiger partial charge on any atom is 0.0965 e. The summed E-state index contributed by atoms with van der Waals surface area (Å²) in [5.41, 5.74) is 5.50. The number of hydrogen-bond donors (Lipinski definition) is 1. The van der Waals surface area contributed by atoms with E-state index < -0.39 is 0 Å². The molecule has 1 aliphatic heterocycles. The third kappa shape index (κ3) is 3.56. The van der Waals surface area contributed by atoms with Gasteiger partial charge in [0.25, 0.3) is 0 Å². The number of nitrogens with one attached hydrogen (secondary N) is 1. The van der Waals surface area contributed by atoms with Crippen molar-refractivity contribution in [3.63, 3.8) is 0 Å². The molecular weight excluding hydrogens is 238 g/mol. The second-order valence-electron chi connectivity index (χ2n) is 5.46. The monoisotopic (exact) mass is 263 g/mol. The standard InChI is InChI=1S/C16H25NO2/c1-11-7-12(2)14(13(3)8-11)9-15(17-4)16-10-18-5-6-19-16/h7-8,15-17H,5-6,9-10H2,1-4H3. The smallest absolute Gasteiger partial charge is 0.0965 e. The summed E-state index contributed by atoms with van der Waals surface area (Å²) >= 11 is 0. The Bertz CT molecular complexity index is 402. The topological polar surface area (TPSA) is 30.5 Å². The molecule has 0 radical (unpaired) electrons. The molecule has 0 saturated carbocycles. The first-order valence-electron chi connectivity index (χ1n) is 7.05. The van der Waals surface area contributed by atoms with Gasteiger partial charge in [-0.05, 0) is 50.9 Å². The van der Waals surface area contributed by atoms with Crippen LogP contribution >= 0.6 is 0 Å². The highest BCUT2D eigenvalue weighted by Crippen LogP contribution is 2.20. The van der Waals surface area contributed by atoms with Gasteiger partial charge in [0.2, 0.25) is 0 Å². The molecule has 0 spiro atoms. The van der Waals surface area contributed by atoms with Gasteiger partial charge in [0, 0.05) is 6.04 Å². The van der Waals surface area contributed by atoms with Crippen molar-refractivity contribution >= 4 is 0 Å². The summed E-state index contributed by atoms with van der Waals surface area (Å²) in [6.45, 7) is 8.65. The van der Waals surface area contributed by atoms with Gasteiger partial charge < -0.3 is 14.8 Å². The Hall–Kier alpha value is -0.900. The lowest BCUT2D eigenvalue weighted by atomic mass is 9.92. The zero-order valence-electron chi connectivity index (χ0n) is 12.5. The average Bonchev–Trinajstić information content (AvgIpc) is 2.39. The predicted octanol–water partition coefficient (Wildman–Crippen LogP) is 2.16. The van der Waals surface area contributed by atoms with Crippen LogP contribution in [-0.4, -0.2) is 39.0 Å². The Kier molecular flexibility index (Phi) is 4.97. The third-order valence-corrected chi connectivity index (χ3v) is 3.93. The molecular formula is C16H25NO2. The molecule has 1 aromatic rings. The zero-order valence-corrected chi connectivity index (χ0v) is 12.5. The van der Waals surface area contributed by atoms with Crippen molar-refractivity contribution in [1.82, 2.24) is 5.32 Å². The highest BCUT2D eigenvalue weighted by atomic mass is 16.6. The average molecular weight is 263 g/mol. The second-order valence-corrected chi connectivity index (χ2v) is 5.46. The summed E-state index contributed by atoms with van der Waals surface area (Å²) < 4.78 is 11.3. The highest BCUT2D eigenvalue weighted by Gasteiger charge is 2.25. The van der Waals surface area contributed by atoms with Gasteiger partial charge in [-0.2, -0.15) is 0 Å². The molecule has 1 heterocycles. The minimum atomic E-state index is 0.152. The summed E-state index contributed by atoms with van der Waals surface area (Å²) in [6, 6.07) is 4.82. The van der Waals surface area contributed by atoms with E-state index in [0.717, 1.165) is 13.0 Å². The van der Waals surface area contributed by atoms with Gasteiger partial charge in [-0.15, -0.1) is 0 Å². The summed E-state index contributed by atoms with van der Waals surface area (Å²) in [5.74, 6) is 0. The zero-order chi connectivity index (χ0) is 13.8. The number of likely N-dealkylation sites (N-methyl/N-ethyl adjacent to an activating group) is 1. The Labute approximate surface area is 116 Å². The van der Waals surface area contributed by atoms with Crippen molar-refractivity contribution in [2.75, 3.05) is 26.9 Å². The van der Waals surface area contributed by atoms with E-state index in [2.05, 4.69) is 38.2 Å². The summed E-state index contributed by atoms with van der Waals surface area (Å²) in [5, 5.41) is 3.38. The Morgan fingerprint density at radius 1 is 1.21 bits per heavy atom. The maximum atomic E-state index is 5.82. The lowest BCUT2D eigenvalue weighted by Crippen LogP contribution is -2.46. The van der Waals surface area contributed by atoms with Crippen molar-refractivity contribution < 1.29 is 9.47 Å². The van der Waals surface area contributed by atoms with Crippen LogP contribution in [0.1, 0.15) is 22.3 Å². The quantitative estimate of drug-likeness (QED) is 0.903. The molecule has 3 heteroatoms. The van der Waals surface area contributed by atoms with E-state index in [0.29, 0.717) is 19.3 Å². The van der Waals surface area contributed by atoms with Gasteiger partial charge in [-0.3, -0.25) is 0 Å². The lowest BCUT2D eigenvalue weighted by Gasteiger charge is -2.31. The van der Waals surface area contributed by atoms with Gasteiger partial charge in [-0.25, -0.2) is 0 Å². The number of aryl methyl sites for hydroxylation is 3. The molecule has 106 valence electrons. The Morgan fingerprint density at radius 2 is 1.89 bits per heavy atom. The van der Waals surface area contributed by atoms with Crippen molar-refractivity contribution in [2.24, 2.45) is 0 Å². The second kappa shape index (κ2) is 6.51. The van der Waals surface area contributed by atoms with Crippen LogP contribution in [0.15, 0.2) is 12.1 Å². The molecule has 1 saturated heterocycles. The molecule has 2 unspecified atom stereocenters. The van der Waals surface area contributed by atoms with E-state index in [1.165, 1.54) is 22.3 Å². The summed E-state index contributed by atoms with van der Waals surface area (Å²) in [4.78, 5) is 0. The molecule has 19 heavy (non-hydrogen) atoms. The van der Waals surface area contributed by atoms with E-state index in [9.17, 15) is 0 Å². The minimum absolute atomic E-state index is 0.152. The fourth-order valence-corrected chi connectivity index (χ4v) is 2.91. The molecule has 1 N–H and O–H groups in total. The molecule has 3 nitrogen and oxygen atoms in total. The number of ether oxygens (including phenoxy) is 2. The van der Waals surface area contributed by atoms with Crippen molar-refractivity contribution in [1.29, 1.82) is 0 Å². The highest BCUT2D eigenvalue weighted by molar-refractivity contribution is 5.38. The first-order chi connectivity index (χ1) is 9.11. The van der Waals surface area contributed by atoms with Crippen LogP contribution in [0.5, 0.6) is 0 Å². The van der Waals surface area contributed by atoms with Gasteiger partial charge in [-0.1, -0.05) is 17.7 Å². The van der Waals surface area contributed by atoms with E-state index in [4.69, 9.17) is 9.47 Å². The van der Waals surface area contributed by atoms with Crippen LogP contribution in [0.3, 0.4) is 0 Å². The van der Waals surface area contributed by atoms with Gasteiger partial charge >= 0.3 is 0 Å². The SMILES string of the molecule is CNC(Cc1c(C)cc(C)cc1C)C1COCCO1. The molecule has 1 aliphatic rings. The Morgan fingerprint density at radius 3 is 2.42 bits per heavy atom. The first-order valence-corrected chi connectivity index (χ1v) is 7.05. The number of benzene rings is 1. The lowest BCUT2D eigenvalue weighted by molar-refractivity contribution is -0.100. The molecule has 0 bridgehead atoms. The Balaban J connectivity index is 2.13. The predicted molar refractivity (Wildman–Crippen MR) is 77.8 cm³/mol. The molecule has 2 atom stereocenters.